The van der Waals surface area contributed by atoms with Crippen molar-refractivity contribution in [3.63, 3.8) is 0 Å². The van der Waals surface area contributed by atoms with Crippen molar-refractivity contribution in [1.29, 1.82) is 0 Å². The zero-order chi connectivity index (χ0) is 14.7. The third kappa shape index (κ3) is 2.59. The summed E-state index contributed by atoms with van der Waals surface area (Å²) in [5, 5.41) is 5.59. The summed E-state index contributed by atoms with van der Waals surface area (Å²) in [4.78, 5) is 29.2. The Morgan fingerprint density at radius 3 is 2.80 bits per heavy atom. The molecule has 0 aromatic carbocycles. The van der Waals surface area contributed by atoms with E-state index in [0.717, 1.165) is 17.1 Å². The number of fused-ring (bicyclic) bond motifs is 1. The lowest BCUT2D eigenvalue weighted by molar-refractivity contribution is -0.134. The highest BCUT2D eigenvalue weighted by atomic mass is 16.2. The van der Waals surface area contributed by atoms with Crippen LogP contribution in [0.25, 0.3) is 0 Å². The molecule has 1 saturated heterocycles. The summed E-state index contributed by atoms with van der Waals surface area (Å²) >= 11 is 0. The third-order valence-electron chi connectivity index (χ3n) is 3.35. The van der Waals surface area contributed by atoms with Gasteiger partial charge in [0.2, 0.25) is 11.8 Å². The monoisotopic (exact) mass is 276 g/mol. The Bertz CT molecular complexity index is 530. The average molecular weight is 276 g/mol. The van der Waals surface area contributed by atoms with Gasteiger partial charge in [-0.2, -0.15) is 0 Å². The number of piperidine rings is 1. The Hall–Kier alpha value is -2.11. The molecule has 2 amide bonds. The van der Waals surface area contributed by atoms with Gasteiger partial charge in [-0.1, -0.05) is 13.8 Å². The summed E-state index contributed by atoms with van der Waals surface area (Å²) in [6, 6.07) is 1.68. The van der Waals surface area contributed by atoms with Crippen molar-refractivity contribution in [2.75, 3.05) is 16.9 Å². The van der Waals surface area contributed by atoms with E-state index in [-0.39, 0.29) is 17.9 Å². The first-order valence-corrected chi connectivity index (χ1v) is 6.96. The molecule has 108 valence electrons. The molecule has 6 heteroatoms. The predicted octanol–water partition coefficient (Wildman–Crippen LogP) is 1.41. The maximum Gasteiger partial charge on any atom is 0.249 e. The number of pyridine rings is 1. The van der Waals surface area contributed by atoms with Crippen molar-refractivity contribution in [2.45, 2.75) is 39.7 Å². The molecule has 2 aliphatic heterocycles. The van der Waals surface area contributed by atoms with Crippen LogP contribution in [0.4, 0.5) is 11.4 Å². The highest BCUT2D eigenvalue weighted by molar-refractivity contribution is 6.02. The Balaban J connectivity index is 0.000000704. The first kappa shape index (κ1) is 14.3. The molecule has 20 heavy (non-hydrogen) atoms. The van der Waals surface area contributed by atoms with E-state index in [0.29, 0.717) is 19.5 Å². The molecule has 1 atom stereocenters. The van der Waals surface area contributed by atoms with E-state index in [4.69, 9.17) is 0 Å². The quantitative estimate of drug-likeness (QED) is 0.759. The molecule has 1 fully saturated rings. The Morgan fingerprint density at radius 2 is 2.10 bits per heavy atom. The van der Waals surface area contributed by atoms with E-state index >= 15 is 0 Å². The molecule has 6 nitrogen and oxygen atoms in total. The van der Waals surface area contributed by atoms with Crippen molar-refractivity contribution in [3.05, 3.63) is 18.0 Å². The van der Waals surface area contributed by atoms with Gasteiger partial charge in [-0.3, -0.25) is 19.9 Å². The van der Waals surface area contributed by atoms with Gasteiger partial charge >= 0.3 is 0 Å². The number of carbonyl (C=O) groups is 2. The van der Waals surface area contributed by atoms with Crippen LogP contribution in [0.15, 0.2) is 12.3 Å². The molecule has 0 saturated carbocycles. The average Bonchev–Trinajstić information content (AvgIpc) is 2.84. The maximum atomic E-state index is 11.9. The highest BCUT2D eigenvalue weighted by Crippen LogP contribution is 2.33. The van der Waals surface area contributed by atoms with Gasteiger partial charge in [0.1, 0.15) is 6.04 Å². The number of nitrogens with zero attached hydrogens (tertiary/aromatic N) is 2. The van der Waals surface area contributed by atoms with Crippen LogP contribution in [0, 0.1) is 6.92 Å². The molecule has 1 aromatic heterocycles. The number of aromatic nitrogens is 1. The topological polar surface area (TPSA) is 74.3 Å². The first-order chi connectivity index (χ1) is 9.65. The second kappa shape index (κ2) is 5.90. The number of aryl methyl sites for hydroxylation is 1. The van der Waals surface area contributed by atoms with Crippen molar-refractivity contribution in [3.8, 4) is 0 Å². The number of carbonyl (C=O) groups excluding carboxylic acids is 2. The predicted molar refractivity (Wildman–Crippen MR) is 77.5 cm³/mol. The van der Waals surface area contributed by atoms with Crippen molar-refractivity contribution < 1.29 is 9.59 Å². The van der Waals surface area contributed by atoms with E-state index in [9.17, 15) is 9.59 Å². The second-order valence-corrected chi connectivity index (χ2v) is 4.61. The smallest absolute Gasteiger partial charge is 0.249 e. The van der Waals surface area contributed by atoms with Gasteiger partial charge in [0.15, 0.2) is 0 Å². The molecule has 0 aliphatic carbocycles. The standard InChI is InChI=1S/C12H14N4O2.C2H6/c1-7-4-10-8(5-13-7)14-6-16(10)9-2-3-11(17)15-12(9)18;1-2/h4-5,9,14H,2-3,6H2,1H3,(H,15,17,18);1-2H3. The fourth-order valence-corrected chi connectivity index (χ4v) is 2.43. The summed E-state index contributed by atoms with van der Waals surface area (Å²) < 4.78 is 0. The fourth-order valence-electron chi connectivity index (χ4n) is 2.43. The second-order valence-electron chi connectivity index (χ2n) is 4.61. The fraction of sp³-hybridized carbons (Fsp3) is 0.500. The van der Waals surface area contributed by atoms with Crippen molar-refractivity contribution >= 4 is 23.2 Å². The van der Waals surface area contributed by atoms with Gasteiger partial charge in [0.25, 0.3) is 0 Å². The summed E-state index contributed by atoms with van der Waals surface area (Å²) in [5.74, 6) is -0.398. The Labute approximate surface area is 118 Å². The molecular weight excluding hydrogens is 256 g/mol. The van der Waals surface area contributed by atoms with Gasteiger partial charge in [-0.25, -0.2) is 0 Å². The SMILES string of the molecule is CC.Cc1cc2c(cn1)NCN2C1CCC(=O)NC1=O. The molecule has 0 bridgehead atoms. The third-order valence-corrected chi connectivity index (χ3v) is 3.35. The van der Waals surface area contributed by atoms with Gasteiger partial charge in [0.05, 0.1) is 24.2 Å². The maximum absolute atomic E-state index is 11.9. The molecule has 2 aliphatic rings. The summed E-state index contributed by atoms with van der Waals surface area (Å²) in [6.45, 7) is 6.49. The number of rotatable bonds is 1. The minimum atomic E-state index is -0.279. The normalized spacial score (nSPS) is 20.6. The zero-order valence-electron chi connectivity index (χ0n) is 12.1. The summed E-state index contributed by atoms with van der Waals surface area (Å²) in [5.41, 5.74) is 2.83. The van der Waals surface area contributed by atoms with Gasteiger partial charge in [-0.05, 0) is 19.4 Å². The van der Waals surface area contributed by atoms with Crippen LogP contribution in [0.1, 0.15) is 32.4 Å². The van der Waals surface area contributed by atoms with Crippen LogP contribution in [-0.2, 0) is 9.59 Å². The molecule has 0 radical (unpaired) electrons. The highest BCUT2D eigenvalue weighted by Gasteiger charge is 2.35. The van der Waals surface area contributed by atoms with Crippen LogP contribution in [0.3, 0.4) is 0 Å². The lowest BCUT2D eigenvalue weighted by atomic mass is 10.0. The van der Waals surface area contributed by atoms with E-state index in [2.05, 4.69) is 15.6 Å². The van der Waals surface area contributed by atoms with Crippen LogP contribution < -0.4 is 15.5 Å². The molecule has 2 N–H and O–H groups in total. The van der Waals surface area contributed by atoms with Crippen LogP contribution >= 0.6 is 0 Å². The van der Waals surface area contributed by atoms with Crippen LogP contribution in [0.5, 0.6) is 0 Å². The van der Waals surface area contributed by atoms with Gasteiger partial charge < -0.3 is 10.2 Å². The zero-order valence-corrected chi connectivity index (χ0v) is 12.1. The summed E-state index contributed by atoms with van der Waals surface area (Å²) in [6.07, 6.45) is 2.73. The number of hydrogen-bond acceptors (Lipinski definition) is 5. The molecular formula is C14H20N4O2. The molecule has 1 aromatic rings. The summed E-state index contributed by atoms with van der Waals surface area (Å²) in [7, 11) is 0. The molecule has 3 heterocycles. The largest absolute Gasteiger partial charge is 0.365 e. The number of anilines is 2. The van der Waals surface area contributed by atoms with Gasteiger partial charge in [-0.15, -0.1) is 0 Å². The minimum absolute atomic E-state index is 0.186. The molecule has 1 unspecified atom stereocenters. The number of nitrogens with one attached hydrogen (secondary N) is 2. The van der Waals surface area contributed by atoms with Crippen molar-refractivity contribution in [2.24, 2.45) is 0 Å². The van der Waals surface area contributed by atoms with Crippen LogP contribution in [0.2, 0.25) is 0 Å². The van der Waals surface area contributed by atoms with Gasteiger partial charge in [0, 0.05) is 12.1 Å². The molecule has 0 spiro atoms. The van der Waals surface area contributed by atoms with E-state index in [1.165, 1.54) is 0 Å². The van der Waals surface area contributed by atoms with E-state index < -0.39 is 0 Å². The van der Waals surface area contributed by atoms with Crippen molar-refractivity contribution in [1.82, 2.24) is 10.3 Å². The first-order valence-electron chi connectivity index (χ1n) is 6.96. The van der Waals surface area contributed by atoms with E-state index in [1.54, 1.807) is 6.20 Å². The van der Waals surface area contributed by atoms with E-state index in [1.807, 2.05) is 31.7 Å². The number of hydrogen-bond donors (Lipinski definition) is 2. The lowest BCUT2D eigenvalue weighted by Crippen LogP contribution is -2.52. The number of imide groups is 1. The lowest BCUT2D eigenvalue weighted by Gasteiger charge is -2.30. The minimum Gasteiger partial charge on any atom is -0.365 e. The Kier molecular flexibility index (Phi) is 4.22. The molecule has 3 rings (SSSR count). The Morgan fingerprint density at radius 1 is 1.35 bits per heavy atom. The van der Waals surface area contributed by atoms with Crippen LogP contribution in [-0.4, -0.2) is 29.5 Å². The number of amides is 2.